The van der Waals surface area contributed by atoms with E-state index < -0.39 is 12.0 Å². The van der Waals surface area contributed by atoms with Gasteiger partial charge in [-0.15, -0.1) is 5.10 Å². The fourth-order valence-corrected chi connectivity index (χ4v) is 5.38. The van der Waals surface area contributed by atoms with Crippen LogP contribution in [0.3, 0.4) is 0 Å². The molecule has 0 saturated carbocycles. The van der Waals surface area contributed by atoms with Gasteiger partial charge in [0.25, 0.3) is 0 Å². The number of amidine groups is 2. The molecule has 9 nitrogen and oxygen atoms in total. The number of aromatic nitrogens is 1. The van der Waals surface area contributed by atoms with Crippen molar-refractivity contribution < 1.29 is 27.0 Å². The van der Waals surface area contributed by atoms with E-state index in [1.807, 2.05) is 19.1 Å². The summed E-state index contributed by atoms with van der Waals surface area (Å²) in [5.74, 6) is -0.696. The Morgan fingerprint density at radius 3 is 2.53 bits per heavy atom. The molecular formula is C29H38ClF4N7O2. The Balaban J connectivity index is 1.38. The van der Waals surface area contributed by atoms with Crippen molar-refractivity contribution >= 4 is 23.3 Å². The number of hydrazine groups is 1. The van der Waals surface area contributed by atoms with Gasteiger partial charge in [-0.3, -0.25) is 14.9 Å². The Bertz CT molecular complexity index is 1270. The summed E-state index contributed by atoms with van der Waals surface area (Å²) in [6.07, 6.45) is -1.78. The van der Waals surface area contributed by atoms with Crippen LogP contribution in [0.5, 0.6) is 5.88 Å². The van der Waals surface area contributed by atoms with Crippen LogP contribution in [-0.4, -0.2) is 96.4 Å². The van der Waals surface area contributed by atoms with Crippen LogP contribution in [0.4, 0.5) is 17.6 Å². The summed E-state index contributed by atoms with van der Waals surface area (Å²) >= 11 is 5.86. The lowest BCUT2D eigenvalue weighted by Gasteiger charge is -2.42. The van der Waals surface area contributed by atoms with Crippen LogP contribution in [0.25, 0.3) is 0 Å². The molecule has 2 N–H and O–H groups in total. The average molecular weight is 628 g/mol. The maximum Gasteiger partial charge on any atom is 0.450 e. The van der Waals surface area contributed by atoms with Crippen LogP contribution in [0.2, 0.25) is 5.02 Å². The number of pyridine rings is 1. The second-order valence-electron chi connectivity index (χ2n) is 10.5. The van der Waals surface area contributed by atoms with Gasteiger partial charge in [0.05, 0.1) is 12.6 Å². The third kappa shape index (κ3) is 9.41. The van der Waals surface area contributed by atoms with Crippen molar-refractivity contribution in [3.63, 3.8) is 0 Å². The van der Waals surface area contributed by atoms with Crippen molar-refractivity contribution in [3.05, 3.63) is 58.5 Å². The number of nitrogens with zero attached hydrogens (tertiary/aromatic N) is 6. The molecule has 0 aliphatic carbocycles. The summed E-state index contributed by atoms with van der Waals surface area (Å²) in [6, 6.07) is 9.90. The molecule has 3 heterocycles. The maximum absolute atomic E-state index is 14.3. The standard InChI is InChI=1S/C29H38ClF4N7O2/c1-3-36-26(41(23-11-15-42-16-12-23)39(2)38-28(35)29(32,33)34)19-40-13-9-24(10-14-40)43-27-6-4-5-22(37-27)17-20-7-8-21(30)18-25(20)31/h4-8,18,23-24H,3,9-17,19H2,1-2H3,(H2,35,38)/b36-26-. The Labute approximate surface area is 254 Å². The fraction of sp³-hybridized carbons (Fsp3) is 0.552. The lowest BCUT2D eigenvalue weighted by molar-refractivity contribution is -0.0667. The molecule has 2 aromatic rings. The molecule has 43 heavy (non-hydrogen) atoms. The molecular weight excluding hydrogens is 590 g/mol. The van der Waals surface area contributed by atoms with E-state index in [1.54, 1.807) is 23.2 Å². The minimum absolute atomic E-state index is 0.0664. The summed E-state index contributed by atoms with van der Waals surface area (Å²) in [6.45, 7) is 5.18. The van der Waals surface area contributed by atoms with E-state index in [0.29, 0.717) is 86.7 Å². The first-order valence-corrected chi connectivity index (χ1v) is 14.7. The zero-order valence-electron chi connectivity index (χ0n) is 24.4. The Kier molecular flexibility index (Phi) is 11.4. The highest BCUT2D eigenvalue weighted by molar-refractivity contribution is 6.30. The number of hydrazone groups is 1. The number of hydrogen-bond acceptors (Lipinski definition) is 7. The Morgan fingerprint density at radius 1 is 1.16 bits per heavy atom. The molecule has 0 amide bonds. The summed E-state index contributed by atoms with van der Waals surface area (Å²) in [7, 11) is 1.46. The lowest BCUT2D eigenvalue weighted by atomic mass is 10.1. The highest BCUT2D eigenvalue weighted by Gasteiger charge is 2.36. The molecule has 0 unspecified atom stereocenters. The predicted octanol–water partition coefficient (Wildman–Crippen LogP) is 4.89. The van der Waals surface area contributed by atoms with Crippen LogP contribution in [0.15, 0.2) is 46.5 Å². The minimum atomic E-state index is -4.74. The van der Waals surface area contributed by atoms with Gasteiger partial charge in [-0.2, -0.15) is 13.2 Å². The molecule has 236 valence electrons. The number of hydrogen-bond donors (Lipinski definition) is 1. The smallest absolute Gasteiger partial charge is 0.450 e. The molecule has 4 rings (SSSR count). The van der Waals surface area contributed by atoms with Crippen molar-refractivity contribution in [3.8, 4) is 5.88 Å². The van der Waals surface area contributed by atoms with E-state index in [1.165, 1.54) is 13.1 Å². The van der Waals surface area contributed by atoms with Crippen LogP contribution < -0.4 is 10.5 Å². The molecule has 0 spiro atoms. The van der Waals surface area contributed by atoms with Gasteiger partial charge < -0.3 is 15.2 Å². The van der Waals surface area contributed by atoms with Crippen LogP contribution in [0.1, 0.15) is 43.9 Å². The van der Waals surface area contributed by atoms with E-state index >= 15 is 0 Å². The van der Waals surface area contributed by atoms with Crippen molar-refractivity contribution in [1.82, 2.24) is 20.0 Å². The highest BCUT2D eigenvalue weighted by Crippen LogP contribution is 2.23. The molecule has 1 aromatic heterocycles. The number of likely N-dealkylation sites (tertiary alicyclic amines) is 1. The van der Waals surface area contributed by atoms with Gasteiger partial charge in [-0.1, -0.05) is 23.7 Å². The summed E-state index contributed by atoms with van der Waals surface area (Å²) in [5, 5.41) is 6.89. The fourth-order valence-electron chi connectivity index (χ4n) is 5.22. The predicted molar refractivity (Wildman–Crippen MR) is 158 cm³/mol. The van der Waals surface area contributed by atoms with Gasteiger partial charge in [0, 0.05) is 63.1 Å². The molecule has 2 saturated heterocycles. The Hall–Kier alpha value is -3.16. The number of ether oxygens (including phenoxy) is 2. The molecule has 1 aromatic carbocycles. The summed E-state index contributed by atoms with van der Waals surface area (Å²) in [4.78, 5) is 11.5. The van der Waals surface area contributed by atoms with Crippen molar-refractivity contribution in [2.75, 3.05) is 46.4 Å². The third-order valence-corrected chi connectivity index (χ3v) is 7.59. The van der Waals surface area contributed by atoms with Crippen molar-refractivity contribution in [1.29, 1.82) is 0 Å². The monoisotopic (exact) mass is 627 g/mol. The molecule has 0 radical (unpaired) electrons. The maximum atomic E-state index is 14.3. The van der Waals surface area contributed by atoms with E-state index in [-0.39, 0.29) is 18.0 Å². The average Bonchev–Trinajstić information content (AvgIpc) is 2.96. The number of benzene rings is 1. The topological polar surface area (TPSA) is 91.8 Å². The molecule has 2 aliphatic rings. The van der Waals surface area contributed by atoms with Crippen LogP contribution in [0, 0.1) is 5.82 Å². The zero-order valence-corrected chi connectivity index (χ0v) is 25.1. The molecule has 0 atom stereocenters. The summed E-state index contributed by atoms with van der Waals surface area (Å²) < 4.78 is 65.5. The number of halogens is 5. The highest BCUT2D eigenvalue weighted by atomic mass is 35.5. The Morgan fingerprint density at radius 2 is 1.88 bits per heavy atom. The molecule has 14 heteroatoms. The van der Waals surface area contributed by atoms with Crippen molar-refractivity contribution in [2.24, 2.45) is 15.8 Å². The first-order valence-electron chi connectivity index (χ1n) is 14.4. The van der Waals surface area contributed by atoms with Gasteiger partial charge in [0.15, 0.2) is 0 Å². The number of piperidine rings is 1. The van der Waals surface area contributed by atoms with E-state index in [0.717, 1.165) is 18.0 Å². The lowest BCUT2D eigenvalue weighted by Crippen LogP contribution is -2.55. The SMILES string of the molecule is CC/N=C(/CN1CCC(Oc2cccc(Cc3ccc(Cl)cc3F)n2)CC1)N(C1CCOCC1)N(C)/N=C(\N)C(F)(F)F. The van der Waals surface area contributed by atoms with Crippen molar-refractivity contribution in [2.45, 2.75) is 57.3 Å². The van der Waals surface area contributed by atoms with Gasteiger partial charge in [0.1, 0.15) is 17.8 Å². The molecule has 2 aliphatic heterocycles. The van der Waals surface area contributed by atoms with Gasteiger partial charge in [0.2, 0.25) is 11.7 Å². The minimum Gasteiger partial charge on any atom is -0.474 e. The van der Waals surface area contributed by atoms with Gasteiger partial charge in [-0.05, 0) is 56.4 Å². The number of aliphatic imine (C=N–C) groups is 1. The summed E-state index contributed by atoms with van der Waals surface area (Å²) in [5.41, 5.74) is 6.44. The quantitative estimate of drug-likeness (QED) is 0.174. The number of nitrogens with two attached hydrogens (primary N) is 1. The second-order valence-corrected chi connectivity index (χ2v) is 11.0. The van der Waals surface area contributed by atoms with E-state index in [9.17, 15) is 17.6 Å². The molecule has 0 bridgehead atoms. The first kappa shape index (κ1) is 32.7. The first-order chi connectivity index (χ1) is 20.5. The van der Waals surface area contributed by atoms with Gasteiger partial charge in [-0.25, -0.2) is 14.5 Å². The number of alkyl halides is 3. The number of rotatable bonds is 10. The molecule has 2 fully saturated rings. The zero-order chi connectivity index (χ0) is 31.0. The normalized spacial score (nSPS) is 18.1. The third-order valence-electron chi connectivity index (χ3n) is 7.35. The second kappa shape index (κ2) is 15.0. The van der Waals surface area contributed by atoms with Crippen LogP contribution >= 0.6 is 11.6 Å². The van der Waals surface area contributed by atoms with E-state index in [4.69, 9.17) is 26.8 Å². The largest absolute Gasteiger partial charge is 0.474 e. The van der Waals surface area contributed by atoms with Gasteiger partial charge >= 0.3 is 6.18 Å². The van der Waals surface area contributed by atoms with E-state index in [2.05, 4.69) is 20.0 Å². The van der Waals surface area contributed by atoms with Crippen LogP contribution in [-0.2, 0) is 11.2 Å².